The second-order valence-corrected chi connectivity index (χ2v) is 8.14. The molecule has 0 saturated carbocycles. The average Bonchev–Trinajstić information content (AvgIpc) is 2.92. The molecule has 1 fully saturated rings. The molecule has 3 rings (SSSR count). The zero-order chi connectivity index (χ0) is 20.3. The summed E-state index contributed by atoms with van der Waals surface area (Å²) >= 11 is 0. The Bertz CT molecular complexity index is 776. The Balaban J connectivity index is 1.94. The predicted octanol–water partition coefficient (Wildman–Crippen LogP) is 3.21. The number of carbonyl (C=O) groups is 2. The number of piperazine rings is 1. The fraction of sp³-hybridized carbons (Fsp3) is 0.565. The fourth-order valence-corrected chi connectivity index (χ4v) is 3.94. The van der Waals surface area contributed by atoms with Crippen LogP contribution in [-0.2, 0) is 9.59 Å². The van der Waals surface area contributed by atoms with E-state index in [2.05, 4.69) is 37.6 Å². The molecule has 0 radical (unpaired) electrons. The van der Waals surface area contributed by atoms with Gasteiger partial charge >= 0.3 is 0 Å². The molecular formula is C23H33N3O2. The second kappa shape index (κ2) is 8.91. The van der Waals surface area contributed by atoms with Crippen LogP contribution in [0.3, 0.4) is 0 Å². The number of nitrogens with zero attached hydrogens (tertiary/aromatic N) is 3. The minimum Gasteiger partial charge on any atom is -0.364 e. The molecule has 5 nitrogen and oxygen atoms in total. The lowest BCUT2D eigenvalue weighted by molar-refractivity contribution is -0.137. The molecule has 0 aliphatic carbocycles. The van der Waals surface area contributed by atoms with Crippen molar-refractivity contribution in [2.24, 2.45) is 0 Å². The quantitative estimate of drug-likeness (QED) is 0.536. The maximum Gasteiger partial charge on any atom is 0.277 e. The molecule has 152 valence electrons. The summed E-state index contributed by atoms with van der Waals surface area (Å²) < 4.78 is 0. The molecule has 28 heavy (non-hydrogen) atoms. The first-order valence-electron chi connectivity index (χ1n) is 10.6. The zero-order valence-electron chi connectivity index (χ0n) is 17.8. The monoisotopic (exact) mass is 383 g/mol. The maximum absolute atomic E-state index is 13.3. The van der Waals surface area contributed by atoms with Crippen molar-refractivity contribution in [2.45, 2.75) is 46.5 Å². The highest BCUT2D eigenvalue weighted by Gasteiger charge is 2.41. The van der Waals surface area contributed by atoms with Gasteiger partial charge < -0.3 is 9.80 Å². The zero-order valence-corrected chi connectivity index (χ0v) is 17.8. The van der Waals surface area contributed by atoms with Crippen molar-refractivity contribution in [1.29, 1.82) is 0 Å². The number of aryl methyl sites for hydroxylation is 2. The van der Waals surface area contributed by atoms with E-state index in [0.29, 0.717) is 17.8 Å². The standard InChI is InChI=1S/C23H33N3O2/c1-5-6-7-8-11-26-22(27)20(19-10-9-17(2)18(3)16-19)21(23(26)28)25-14-12-24(4)13-15-25/h9-10,16H,5-8,11-15H2,1-4H3. The number of hydrogen-bond donors (Lipinski definition) is 0. The number of rotatable bonds is 7. The summed E-state index contributed by atoms with van der Waals surface area (Å²) in [6, 6.07) is 6.08. The Morgan fingerprint density at radius 1 is 0.893 bits per heavy atom. The molecule has 2 amide bonds. The Morgan fingerprint density at radius 3 is 2.25 bits per heavy atom. The van der Waals surface area contributed by atoms with Gasteiger partial charge in [0.05, 0.1) is 5.57 Å². The lowest BCUT2D eigenvalue weighted by Gasteiger charge is -2.34. The van der Waals surface area contributed by atoms with Gasteiger partial charge in [0.2, 0.25) is 0 Å². The van der Waals surface area contributed by atoms with Gasteiger partial charge in [-0.2, -0.15) is 0 Å². The van der Waals surface area contributed by atoms with Crippen molar-refractivity contribution in [3.8, 4) is 0 Å². The maximum atomic E-state index is 13.3. The highest BCUT2D eigenvalue weighted by Crippen LogP contribution is 2.33. The van der Waals surface area contributed by atoms with Crippen molar-refractivity contribution >= 4 is 17.4 Å². The molecule has 0 N–H and O–H groups in total. The Labute approximate surface area is 169 Å². The number of unbranched alkanes of at least 4 members (excludes halogenated alkanes) is 3. The summed E-state index contributed by atoms with van der Waals surface area (Å²) in [5, 5.41) is 0. The molecule has 0 aromatic heterocycles. The van der Waals surface area contributed by atoms with Gasteiger partial charge in [0.25, 0.3) is 11.8 Å². The molecule has 1 aromatic rings. The van der Waals surface area contributed by atoms with Crippen LogP contribution in [0.5, 0.6) is 0 Å². The van der Waals surface area contributed by atoms with E-state index in [-0.39, 0.29) is 11.8 Å². The smallest absolute Gasteiger partial charge is 0.277 e. The van der Waals surface area contributed by atoms with E-state index in [9.17, 15) is 9.59 Å². The molecule has 0 spiro atoms. The third-order valence-corrected chi connectivity index (χ3v) is 5.99. The van der Waals surface area contributed by atoms with Gasteiger partial charge in [-0.25, -0.2) is 0 Å². The summed E-state index contributed by atoms with van der Waals surface area (Å²) in [6.07, 6.45) is 4.21. The highest BCUT2D eigenvalue weighted by atomic mass is 16.2. The Kier molecular flexibility index (Phi) is 6.55. The van der Waals surface area contributed by atoms with Crippen molar-refractivity contribution in [3.63, 3.8) is 0 Å². The molecule has 0 unspecified atom stereocenters. The summed E-state index contributed by atoms with van der Waals surface area (Å²) in [6.45, 7) is 10.2. The van der Waals surface area contributed by atoms with E-state index in [0.717, 1.165) is 63.0 Å². The first kappa shape index (κ1) is 20.6. The Morgan fingerprint density at radius 2 is 1.61 bits per heavy atom. The molecule has 1 saturated heterocycles. The number of benzene rings is 1. The van der Waals surface area contributed by atoms with Crippen LogP contribution in [0, 0.1) is 13.8 Å². The van der Waals surface area contributed by atoms with Crippen LogP contribution in [0.2, 0.25) is 0 Å². The highest BCUT2D eigenvalue weighted by molar-refractivity contribution is 6.35. The normalized spacial score (nSPS) is 18.6. The van der Waals surface area contributed by atoms with Crippen LogP contribution in [-0.4, -0.2) is 66.3 Å². The minimum atomic E-state index is -0.126. The molecule has 2 aliphatic rings. The van der Waals surface area contributed by atoms with Crippen molar-refractivity contribution in [3.05, 3.63) is 40.6 Å². The van der Waals surface area contributed by atoms with Crippen LogP contribution in [0.15, 0.2) is 23.9 Å². The largest absolute Gasteiger partial charge is 0.364 e. The van der Waals surface area contributed by atoms with Gasteiger partial charge in [0.1, 0.15) is 5.70 Å². The third kappa shape index (κ3) is 4.14. The van der Waals surface area contributed by atoms with Crippen LogP contribution >= 0.6 is 0 Å². The van der Waals surface area contributed by atoms with E-state index in [1.165, 1.54) is 10.5 Å². The fourth-order valence-electron chi connectivity index (χ4n) is 3.94. The minimum absolute atomic E-state index is 0.112. The topological polar surface area (TPSA) is 43.9 Å². The molecule has 5 heteroatoms. The number of amides is 2. The molecule has 1 aromatic carbocycles. The second-order valence-electron chi connectivity index (χ2n) is 8.14. The van der Waals surface area contributed by atoms with Crippen LogP contribution in [0.25, 0.3) is 5.57 Å². The van der Waals surface area contributed by atoms with E-state index < -0.39 is 0 Å². The lowest BCUT2D eigenvalue weighted by atomic mass is 9.99. The molecular weight excluding hydrogens is 350 g/mol. The van der Waals surface area contributed by atoms with Crippen LogP contribution < -0.4 is 0 Å². The van der Waals surface area contributed by atoms with Crippen molar-refractivity contribution in [2.75, 3.05) is 39.8 Å². The lowest BCUT2D eigenvalue weighted by Crippen LogP contribution is -2.46. The Hall–Kier alpha value is -2.14. The van der Waals surface area contributed by atoms with E-state index >= 15 is 0 Å². The summed E-state index contributed by atoms with van der Waals surface area (Å²) in [5.41, 5.74) is 4.40. The van der Waals surface area contributed by atoms with E-state index in [4.69, 9.17) is 0 Å². The molecule has 0 atom stereocenters. The van der Waals surface area contributed by atoms with Crippen molar-refractivity contribution < 1.29 is 9.59 Å². The molecule has 2 aliphatic heterocycles. The number of likely N-dealkylation sites (N-methyl/N-ethyl adjacent to an activating group) is 1. The molecule has 0 bridgehead atoms. The summed E-state index contributed by atoms with van der Waals surface area (Å²) in [5.74, 6) is -0.238. The number of carbonyl (C=O) groups excluding carboxylic acids is 2. The first-order valence-corrected chi connectivity index (χ1v) is 10.6. The third-order valence-electron chi connectivity index (χ3n) is 5.99. The SMILES string of the molecule is CCCCCCN1C(=O)C(c2ccc(C)c(C)c2)=C(N2CCN(C)CC2)C1=O. The summed E-state index contributed by atoms with van der Waals surface area (Å²) in [4.78, 5) is 32.5. The van der Waals surface area contributed by atoms with Gasteiger partial charge in [0, 0.05) is 32.7 Å². The predicted molar refractivity (Wildman–Crippen MR) is 113 cm³/mol. The van der Waals surface area contributed by atoms with Crippen molar-refractivity contribution in [1.82, 2.24) is 14.7 Å². The van der Waals surface area contributed by atoms with Gasteiger partial charge in [-0.05, 0) is 44.0 Å². The van der Waals surface area contributed by atoms with Gasteiger partial charge in [0.15, 0.2) is 0 Å². The number of hydrogen-bond acceptors (Lipinski definition) is 4. The average molecular weight is 384 g/mol. The molecule has 2 heterocycles. The van der Waals surface area contributed by atoms with Gasteiger partial charge in [-0.15, -0.1) is 0 Å². The van der Waals surface area contributed by atoms with Crippen LogP contribution in [0.4, 0.5) is 0 Å². The summed E-state index contributed by atoms with van der Waals surface area (Å²) in [7, 11) is 2.09. The van der Waals surface area contributed by atoms with E-state index in [1.54, 1.807) is 0 Å². The number of imide groups is 1. The van der Waals surface area contributed by atoms with E-state index in [1.807, 2.05) is 18.2 Å². The van der Waals surface area contributed by atoms with Crippen LogP contribution in [0.1, 0.15) is 49.3 Å². The first-order chi connectivity index (χ1) is 13.4. The van der Waals surface area contributed by atoms with Gasteiger partial charge in [-0.1, -0.05) is 44.4 Å². The van der Waals surface area contributed by atoms with Gasteiger partial charge in [-0.3, -0.25) is 14.5 Å².